The third kappa shape index (κ3) is 15.3. The van der Waals surface area contributed by atoms with Crippen LogP contribution in [0.25, 0.3) is 0 Å². The van der Waals surface area contributed by atoms with E-state index in [-0.39, 0.29) is 40.4 Å². The Balaban J connectivity index is 0. The second-order valence-electron chi connectivity index (χ2n) is 0. The van der Waals surface area contributed by atoms with E-state index in [0.717, 1.165) is 0 Å². The fourth-order valence-electron chi connectivity index (χ4n) is 0. The van der Waals surface area contributed by atoms with Gasteiger partial charge in [-0.1, -0.05) is 0 Å². The topological polar surface area (TPSA) is 63.0 Å². The normalized spacial score (nSPS) is 0. The molecule has 0 aromatic heterocycles. The van der Waals surface area contributed by atoms with Gasteiger partial charge in [-0.15, -0.1) is 12.4 Å². The zero-order chi connectivity index (χ0) is 0. The van der Waals surface area contributed by atoms with Crippen LogP contribution in [0.1, 0.15) is 0 Å². The van der Waals surface area contributed by atoms with E-state index in [1.807, 2.05) is 0 Å². The number of rotatable bonds is 0. The van der Waals surface area contributed by atoms with Crippen molar-refractivity contribution in [3.8, 4) is 0 Å². The molecule has 35 valence electrons. The minimum absolute atomic E-state index is 0. The number of hydrogen-bond acceptors (Lipinski definition) is 0. The van der Waals surface area contributed by atoms with E-state index >= 15 is 0 Å². The van der Waals surface area contributed by atoms with Gasteiger partial charge in [-0.25, -0.2) is 0 Å². The van der Waals surface area contributed by atoms with Crippen molar-refractivity contribution in [3.63, 3.8) is 0 Å². The van der Waals surface area contributed by atoms with Gasteiger partial charge >= 0.3 is 0 Å². The van der Waals surface area contributed by atoms with Gasteiger partial charge in [0.2, 0.25) is 0 Å². The molecule has 0 saturated heterocycles. The van der Waals surface area contributed by atoms with Crippen molar-refractivity contribution in [2.24, 2.45) is 0 Å². The number of hydrogen-bond donors (Lipinski definition) is 0. The van der Waals surface area contributed by atoms with E-state index in [2.05, 4.69) is 0 Å². The third-order valence-electron chi connectivity index (χ3n) is 0. The largest absolute Gasteiger partial charge is 0.412 e. The Labute approximate surface area is 41.1 Å². The van der Waals surface area contributed by atoms with Crippen molar-refractivity contribution < 1.29 is 28.0 Å². The molecule has 1 radical (unpaired) electrons. The minimum atomic E-state index is 0. The zero-order valence-electron chi connectivity index (χ0n) is 1.71. The van der Waals surface area contributed by atoms with Gasteiger partial charge < -0.3 is 11.0 Å². The molecular formula is H5ClCuO2. The molecular weight excluding hydrogens is 131 g/mol. The molecule has 4 heavy (non-hydrogen) atoms. The fourth-order valence-corrected chi connectivity index (χ4v) is 0. The van der Waals surface area contributed by atoms with Crippen molar-refractivity contribution >= 4 is 12.4 Å². The Morgan fingerprint density at radius 3 is 0.750 bits per heavy atom. The standard InChI is InChI=1S/ClH.Cu.2H2O/h1H;;2*1H2. The summed E-state index contributed by atoms with van der Waals surface area (Å²) in [5, 5.41) is 0. The first-order valence-electron chi connectivity index (χ1n) is 0. The third-order valence-corrected chi connectivity index (χ3v) is 0. The number of halogens is 1. The Bertz CT molecular complexity index is 6.00. The quantitative estimate of drug-likeness (QED) is 0.374. The Kier molecular flexibility index (Phi) is 1610. The average molecular weight is 136 g/mol. The van der Waals surface area contributed by atoms with Crippen LogP contribution in [0.5, 0.6) is 0 Å². The van der Waals surface area contributed by atoms with Gasteiger partial charge in [0.05, 0.1) is 0 Å². The zero-order valence-corrected chi connectivity index (χ0v) is 3.47. The van der Waals surface area contributed by atoms with Gasteiger partial charge in [0, 0.05) is 17.1 Å². The van der Waals surface area contributed by atoms with E-state index < -0.39 is 0 Å². The van der Waals surface area contributed by atoms with Gasteiger partial charge in [0.1, 0.15) is 0 Å². The molecule has 0 saturated carbocycles. The maximum absolute atomic E-state index is 0. The predicted molar refractivity (Wildman–Crippen MR) is 14.5 cm³/mol. The predicted octanol–water partition coefficient (Wildman–Crippen LogP) is -1.23. The van der Waals surface area contributed by atoms with Crippen LogP contribution in [0.2, 0.25) is 0 Å². The summed E-state index contributed by atoms with van der Waals surface area (Å²) in [5.41, 5.74) is 0. The molecule has 2 nitrogen and oxygen atoms in total. The summed E-state index contributed by atoms with van der Waals surface area (Å²) in [6, 6.07) is 0. The Morgan fingerprint density at radius 2 is 0.750 bits per heavy atom. The van der Waals surface area contributed by atoms with Gasteiger partial charge in [0.25, 0.3) is 0 Å². The molecule has 0 aromatic rings. The molecule has 0 aliphatic rings. The van der Waals surface area contributed by atoms with Crippen LogP contribution >= 0.6 is 12.4 Å². The first-order valence-corrected chi connectivity index (χ1v) is 0. The summed E-state index contributed by atoms with van der Waals surface area (Å²) in [6.07, 6.45) is 0. The van der Waals surface area contributed by atoms with E-state index in [0.29, 0.717) is 0 Å². The van der Waals surface area contributed by atoms with Crippen molar-refractivity contribution in [1.29, 1.82) is 0 Å². The van der Waals surface area contributed by atoms with Gasteiger partial charge in [-0.05, 0) is 0 Å². The Hall–Kier alpha value is 0.729. The second-order valence-corrected chi connectivity index (χ2v) is 0. The van der Waals surface area contributed by atoms with Crippen LogP contribution in [-0.4, -0.2) is 11.0 Å². The summed E-state index contributed by atoms with van der Waals surface area (Å²) in [4.78, 5) is 0. The molecule has 0 aliphatic heterocycles. The van der Waals surface area contributed by atoms with Crippen molar-refractivity contribution in [1.82, 2.24) is 0 Å². The Morgan fingerprint density at radius 1 is 0.750 bits per heavy atom. The summed E-state index contributed by atoms with van der Waals surface area (Å²) in [5.74, 6) is 0. The van der Waals surface area contributed by atoms with Crippen LogP contribution in [-0.2, 0) is 17.1 Å². The molecule has 0 bridgehead atoms. The van der Waals surface area contributed by atoms with Crippen LogP contribution in [0.4, 0.5) is 0 Å². The minimum Gasteiger partial charge on any atom is -0.412 e. The summed E-state index contributed by atoms with van der Waals surface area (Å²) < 4.78 is 0. The molecule has 4 heteroatoms. The van der Waals surface area contributed by atoms with Crippen LogP contribution in [0.3, 0.4) is 0 Å². The van der Waals surface area contributed by atoms with Crippen molar-refractivity contribution in [2.75, 3.05) is 0 Å². The molecule has 0 heterocycles. The van der Waals surface area contributed by atoms with E-state index in [1.54, 1.807) is 0 Å². The van der Waals surface area contributed by atoms with E-state index in [1.165, 1.54) is 0 Å². The molecule has 0 aliphatic carbocycles. The molecule has 0 atom stereocenters. The maximum atomic E-state index is 0. The first kappa shape index (κ1) is 124. The SMILES string of the molecule is Cl.O.O.[Cu]. The molecule has 0 aromatic carbocycles. The van der Waals surface area contributed by atoms with Crippen molar-refractivity contribution in [2.45, 2.75) is 0 Å². The summed E-state index contributed by atoms with van der Waals surface area (Å²) in [7, 11) is 0. The molecule has 0 fully saturated rings. The molecule has 0 amide bonds. The second kappa shape index (κ2) is 52.2. The van der Waals surface area contributed by atoms with Crippen molar-refractivity contribution in [3.05, 3.63) is 0 Å². The monoisotopic (exact) mass is 135 g/mol. The van der Waals surface area contributed by atoms with Crippen LogP contribution in [0, 0.1) is 0 Å². The van der Waals surface area contributed by atoms with E-state index in [4.69, 9.17) is 0 Å². The van der Waals surface area contributed by atoms with Gasteiger partial charge in [-0.2, -0.15) is 0 Å². The van der Waals surface area contributed by atoms with Crippen LogP contribution < -0.4 is 0 Å². The van der Waals surface area contributed by atoms with Gasteiger partial charge in [0.15, 0.2) is 0 Å². The summed E-state index contributed by atoms with van der Waals surface area (Å²) >= 11 is 0. The smallest absolute Gasteiger partial charge is 0 e. The average Bonchev–Trinajstić information content (AvgIpc) is 0. The first-order chi connectivity index (χ1) is 0. The van der Waals surface area contributed by atoms with E-state index in [9.17, 15) is 0 Å². The van der Waals surface area contributed by atoms with Gasteiger partial charge in [-0.3, -0.25) is 0 Å². The maximum Gasteiger partial charge on any atom is 0 e. The molecule has 0 rings (SSSR count). The summed E-state index contributed by atoms with van der Waals surface area (Å²) in [6.45, 7) is 0. The fraction of sp³-hybridized carbons (Fsp3) is 0. The molecule has 0 unspecified atom stereocenters. The van der Waals surface area contributed by atoms with Crippen LogP contribution in [0.15, 0.2) is 0 Å². The molecule has 0 spiro atoms. The molecule has 4 N–H and O–H groups in total.